The summed E-state index contributed by atoms with van der Waals surface area (Å²) in [6.45, 7) is 0. The molecule has 0 saturated heterocycles. The molecule has 2 aliphatic rings. The van der Waals surface area contributed by atoms with Crippen molar-refractivity contribution in [2.45, 2.75) is 23.3 Å². The van der Waals surface area contributed by atoms with E-state index >= 15 is 0 Å². The smallest absolute Gasteiger partial charge is 0.261 e. The zero-order valence-corrected chi connectivity index (χ0v) is 19.1. The van der Waals surface area contributed by atoms with Gasteiger partial charge in [-0.2, -0.15) is 0 Å². The molecule has 0 saturated carbocycles. The third-order valence-electron chi connectivity index (χ3n) is 6.04. The Morgan fingerprint density at radius 3 is 2.50 bits per heavy atom. The number of fused-ring (bicyclic) bond motifs is 3. The number of benzene rings is 3. The maximum Gasteiger partial charge on any atom is 0.261 e. The SMILES string of the molecule is O=S(=O)(Nc1ccc(F)cc1)c1ccc2c(c1)[C@H]1C=CC[C@H]1[C@@H](c1ccc(Cl)c(Cl)c1)N2. The van der Waals surface area contributed by atoms with Crippen molar-refractivity contribution in [3.05, 3.63) is 99.8 Å². The summed E-state index contributed by atoms with van der Waals surface area (Å²) >= 11 is 12.3. The first kappa shape index (κ1) is 21.3. The summed E-state index contributed by atoms with van der Waals surface area (Å²) in [5, 5.41) is 4.58. The van der Waals surface area contributed by atoms with Gasteiger partial charge < -0.3 is 5.32 Å². The van der Waals surface area contributed by atoms with E-state index in [1.54, 1.807) is 24.3 Å². The summed E-state index contributed by atoms with van der Waals surface area (Å²) in [6.07, 6.45) is 5.14. The molecule has 3 aromatic rings. The molecule has 1 heterocycles. The largest absolute Gasteiger partial charge is 0.378 e. The first-order valence-corrected chi connectivity index (χ1v) is 12.4. The van der Waals surface area contributed by atoms with E-state index in [1.807, 2.05) is 12.1 Å². The lowest BCUT2D eigenvalue weighted by Gasteiger charge is -2.37. The van der Waals surface area contributed by atoms with E-state index in [0.29, 0.717) is 15.7 Å². The van der Waals surface area contributed by atoms with Gasteiger partial charge in [-0.3, -0.25) is 4.72 Å². The van der Waals surface area contributed by atoms with Gasteiger partial charge >= 0.3 is 0 Å². The topological polar surface area (TPSA) is 58.2 Å². The van der Waals surface area contributed by atoms with E-state index in [4.69, 9.17) is 23.2 Å². The second-order valence-electron chi connectivity index (χ2n) is 8.01. The standard InChI is InChI=1S/C24H19Cl2FN2O2S/c25-21-10-4-14(12-22(21)26)24-19-3-1-2-18(19)20-13-17(9-11-23(20)28-24)32(30,31)29-16-7-5-15(27)6-8-16/h1-2,4-13,18-19,24,28-29H,3H2/t18-,19+,24+/m0/s1. The molecule has 1 aliphatic carbocycles. The molecule has 5 rings (SSSR count). The summed E-state index contributed by atoms with van der Waals surface area (Å²) in [5.74, 6) is -0.127. The van der Waals surface area contributed by atoms with Gasteiger partial charge in [0.05, 0.1) is 21.0 Å². The van der Waals surface area contributed by atoms with E-state index in [0.717, 1.165) is 23.2 Å². The van der Waals surface area contributed by atoms with E-state index in [9.17, 15) is 12.8 Å². The monoisotopic (exact) mass is 488 g/mol. The molecule has 3 atom stereocenters. The Hall–Kier alpha value is -2.54. The molecule has 0 aromatic heterocycles. The zero-order valence-electron chi connectivity index (χ0n) is 16.7. The van der Waals surface area contributed by atoms with E-state index in [2.05, 4.69) is 22.2 Å². The minimum Gasteiger partial charge on any atom is -0.378 e. The molecule has 0 radical (unpaired) electrons. The van der Waals surface area contributed by atoms with Crippen molar-refractivity contribution in [2.75, 3.05) is 10.0 Å². The number of halogens is 3. The number of hydrogen-bond donors (Lipinski definition) is 2. The first-order chi connectivity index (χ1) is 15.3. The highest BCUT2D eigenvalue weighted by molar-refractivity contribution is 7.92. The van der Waals surface area contributed by atoms with Crippen LogP contribution in [0, 0.1) is 11.7 Å². The number of sulfonamides is 1. The Labute approximate surface area is 196 Å². The van der Waals surface area contributed by atoms with Crippen LogP contribution in [0.4, 0.5) is 15.8 Å². The minimum absolute atomic E-state index is 0.0251. The van der Waals surface area contributed by atoms with E-state index < -0.39 is 15.8 Å². The van der Waals surface area contributed by atoms with Crippen LogP contribution in [0.2, 0.25) is 10.0 Å². The summed E-state index contributed by atoms with van der Waals surface area (Å²) in [6, 6.07) is 16.0. The van der Waals surface area contributed by atoms with Crippen molar-refractivity contribution < 1.29 is 12.8 Å². The molecule has 164 valence electrons. The molecule has 0 unspecified atom stereocenters. The molecule has 2 N–H and O–H groups in total. The van der Waals surface area contributed by atoms with Gasteiger partial charge in [-0.25, -0.2) is 12.8 Å². The highest BCUT2D eigenvalue weighted by Crippen LogP contribution is 2.50. The first-order valence-electron chi connectivity index (χ1n) is 10.1. The average Bonchev–Trinajstić information content (AvgIpc) is 3.26. The Balaban J connectivity index is 1.48. The predicted octanol–water partition coefficient (Wildman–Crippen LogP) is 6.76. The van der Waals surface area contributed by atoms with Crippen LogP contribution in [0.1, 0.15) is 29.5 Å². The van der Waals surface area contributed by atoms with Crippen molar-refractivity contribution in [3.63, 3.8) is 0 Å². The van der Waals surface area contributed by atoms with Gasteiger partial charge in [0.15, 0.2) is 0 Å². The highest BCUT2D eigenvalue weighted by Gasteiger charge is 2.38. The molecule has 4 nitrogen and oxygen atoms in total. The van der Waals surface area contributed by atoms with Crippen molar-refractivity contribution >= 4 is 44.6 Å². The van der Waals surface area contributed by atoms with Gasteiger partial charge in [-0.05, 0) is 78.1 Å². The third-order valence-corrected chi connectivity index (χ3v) is 8.16. The highest BCUT2D eigenvalue weighted by atomic mass is 35.5. The fourth-order valence-corrected chi connectivity index (χ4v) is 5.91. The number of rotatable bonds is 4. The van der Waals surface area contributed by atoms with Crippen LogP contribution in [0.25, 0.3) is 0 Å². The molecule has 0 spiro atoms. The molecule has 1 aliphatic heterocycles. The predicted molar refractivity (Wildman–Crippen MR) is 126 cm³/mol. The third kappa shape index (κ3) is 3.87. The van der Waals surface area contributed by atoms with Crippen LogP contribution < -0.4 is 10.0 Å². The lowest BCUT2D eigenvalue weighted by Crippen LogP contribution is -2.29. The van der Waals surface area contributed by atoms with Crippen LogP contribution in [0.15, 0.2) is 77.7 Å². The van der Waals surface area contributed by atoms with Crippen molar-refractivity contribution in [2.24, 2.45) is 5.92 Å². The minimum atomic E-state index is -3.82. The van der Waals surface area contributed by atoms with Gasteiger partial charge in [0, 0.05) is 17.3 Å². The van der Waals surface area contributed by atoms with Crippen molar-refractivity contribution in [1.82, 2.24) is 0 Å². The number of anilines is 2. The molecular weight excluding hydrogens is 470 g/mol. The molecule has 0 amide bonds. The van der Waals surface area contributed by atoms with Gasteiger partial charge in [0.1, 0.15) is 5.82 Å². The Morgan fingerprint density at radius 1 is 0.969 bits per heavy atom. The summed E-state index contributed by atoms with van der Waals surface area (Å²) in [7, 11) is -3.82. The lowest BCUT2D eigenvalue weighted by molar-refractivity contribution is 0.425. The summed E-state index contributed by atoms with van der Waals surface area (Å²) < 4.78 is 41.6. The Morgan fingerprint density at radius 2 is 1.75 bits per heavy atom. The normalized spacial score (nSPS) is 21.5. The molecule has 32 heavy (non-hydrogen) atoms. The number of allylic oxidation sites excluding steroid dienone is 2. The number of hydrogen-bond acceptors (Lipinski definition) is 3. The molecule has 3 aromatic carbocycles. The molecule has 0 bridgehead atoms. The Bertz CT molecular complexity index is 1330. The lowest BCUT2D eigenvalue weighted by atomic mass is 9.77. The average molecular weight is 489 g/mol. The van der Waals surface area contributed by atoms with Crippen LogP contribution in [-0.4, -0.2) is 8.42 Å². The van der Waals surface area contributed by atoms with Gasteiger partial charge in [-0.15, -0.1) is 0 Å². The van der Waals surface area contributed by atoms with Gasteiger partial charge in [0.25, 0.3) is 10.0 Å². The Kier molecular flexibility index (Phi) is 5.40. The van der Waals surface area contributed by atoms with E-state index in [1.165, 1.54) is 24.3 Å². The molecule has 0 fully saturated rings. The summed E-state index contributed by atoms with van der Waals surface area (Å²) in [5.41, 5.74) is 3.16. The fraction of sp³-hybridized carbons (Fsp3) is 0.167. The van der Waals surface area contributed by atoms with Crippen LogP contribution in [0.3, 0.4) is 0 Å². The fourth-order valence-electron chi connectivity index (χ4n) is 4.51. The second kappa shape index (κ2) is 8.10. The van der Waals surface area contributed by atoms with Crippen LogP contribution in [-0.2, 0) is 10.0 Å². The van der Waals surface area contributed by atoms with Crippen LogP contribution in [0.5, 0.6) is 0 Å². The van der Waals surface area contributed by atoms with Gasteiger partial charge in [0.2, 0.25) is 0 Å². The van der Waals surface area contributed by atoms with E-state index in [-0.39, 0.29) is 22.8 Å². The number of nitrogens with one attached hydrogen (secondary N) is 2. The maximum atomic E-state index is 13.1. The van der Waals surface area contributed by atoms with Gasteiger partial charge in [-0.1, -0.05) is 41.4 Å². The zero-order chi connectivity index (χ0) is 22.5. The second-order valence-corrected chi connectivity index (χ2v) is 10.5. The van der Waals surface area contributed by atoms with Crippen molar-refractivity contribution in [1.29, 1.82) is 0 Å². The summed E-state index contributed by atoms with van der Waals surface area (Å²) in [4.78, 5) is 0.161. The molecular formula is C24H19Cl2FN2O2S. The quantitative estimate of drug-likeness (QED) is 0.398. The maximum absolute atomic E-state index is 13.1. The van der Waals surface area contributed by atoms with Crippen LogP contribution >= 0.6 is 23.2 Å². The van der Waals surface area contributed by atoms with Crippen molar-refractivity contribution in [3.8, 4) is 0 Å². The molecule has 8 heteroatoms.